The third kappa shape index (κ3) is 3.90. The molecule has 0 unspecified atom stereocenters. The molecular formula is C16H22N2O4. The van der Waals surface area contributed by atoms with Gasteiger partial charge < -0.3 is 20.1 Å². The summed E-state index contributed by atoms with van der Waals surface area (Å²) < 4.78 is 10.8. The first-order valence-electron chi connectivity index (χ1n) is 7.40. The molecule has 6 nitrogen and oxygen atoms in total. The van der Waals surface area contributed by atoms with Crippen LogP contribution >= 0.6 is 0 Å². The van der Waals surface area contributed by atoms with E-state index < -0.39 is 6.10 Å². The number of amides is 2. The second-order valence-electron chi connectivity index (χ2n) is 5.44. The number of nitrogens with two attached hydrogens (primary N) is 1. The van der Waals surface area contributed by atoms with Crippen LogP contribution in [0.1, 0.15) is 19.8 Å². The summed E-state index contributed by atoms with van der Waals surface area (Å²) in [5.74, 6) is 0.781. The maximum absolute atomic E-state index is 12.4. The van der Waals surface area contributed by atoms with Crippen molar-refractivity contribution in [2.75, 3.05) is 20.2 Å². The molecule has 22 heavy (non-hydrogen) atoms. The number of piperidine rings is 1. The summed E-state index contributed by atoms with van der Waals surface area (Å²) in [6, 6.07) is 7.15. The topological polar surface area (TPSA) is 81.9 Å². The Morgan fingerprint density at radius 2 is 1.91 bits per heavy atom. The summed E-state index contributed by atoms with van der Waals surface area (Å²) in [6.07, 6.45) is 0.650. The maximum Gasteiger partial charge on any atom is 0.263 e. The lowest BCUT2D eigenvalue weighted by Gasteiger charge is -2.32. The Morgan fingerprint density at radius 1 is 1.27 bits per heavy atom. The van der Waals surface area contributed by atoms with Gasteiger partial charge in [-0.2, -0.15) is 0 Å². The molecule has 1 aromatic rings. The number of rotatable bonds is 5. The molecule has 6 heteroatoms. The summed E-state index contributed by atoms with van der Waals surface area (Å²) in [4.78, 5) is 25.3. The van der Waals surface area contributed by atoms with Crippen LogP contribution in [0.25, 0.3) is 0 Å². The van der Waals surface area contributed by atoms with Gasteiger partial charge in [0.2, 0.25) is 5.91 Å². The molecule has 0 aromatic heterocycles. The van der Waals surface area contributed by atoms with Crippen LogP contribution in [0.2, 0.25) is 0 Å². The van der Waals surface area contributed by atoms with E-state index in [9.17, 15) is 9.59 Å². The van der Waals surface area contributed by atoms with Crippen LogP contribution in [-0.4, -0.2) is 43.0 Å². The van der Waals surface area contributed by atoms with Gasteiger partial charge in [-0.3, -0.25) is 9.59 Å². The molecule has 1 aliphatic heterocycles. The van der Waals surface area contributed by atoms with E-state index in [1.165, 1.54) is 0 Å². The van der Waals surface area contributed by atoms with Crippen molar-refractivity contribution in [2.45, 2.75) is 25.9 Å². The molecule has 0 aliphatic carbocycles. The van der Waals surface area contributed by atoms with Crippen LogP contribution in [-0.2, 0) is 9.59 Å². The van der Waals surface area contributed by atoms with Crippen molar-refractivity contribution in [3.8, 4) is 11.5 Å². The zero-order valence-electron chi connectivity index (χ0n) is 13.0. The summed E-state index contributed by atoms with van der Waals surface area (Å²) in [5, 5.41) is 0. The van der Waals surface area contributed by atoms with E-state index >= 15 is 0 Å². The second kappa shape index (κ2) is 7.15. The van der Waals surface area contributed by atoms with Gasteiger partial charge in [0, 0.05) is 25.1 Å². The fourth-order valence-corrected chi connectivity index (χ4v) is 2.57. The Labute approximate surface area is 130 Å². The number of methoxy groups -OCH3 is 1. The number of nitrogens with zero attached hydrogens (tertiary/aromatic N) is 1. The highest BCUT2D eigenvalue weighted by atomic mass is 16.5. The predicted octanol–water partition coefficient (Wildman–Crippen LogP) is 1.19. The number of carbonyl (C=O) groups excluding carboxylic acids is 2. The van der Waals surface area contributed by atoms with Crippen molar-refractivity contribution in [2.24, 2.45) is 11.7 Å². The van der Waals surface area contributed by atoms with Gasteiger partial charge in [-0.15, -0.1) is 0 Å². The predicted molar refractivity (Wildman–Crippen MR) is 81.6 cm³/mol. The molecule has 0 saturated carbocycles. The fraction of sp³-hybridized carbons (Fsp3) is 0.500. The highest BCUT2D eigenvalue weighted by molar-refractivity contribution is 5.82. The quantitative estimate of drug-likeness (QED) is 0.886. The normalized spacial score (nSPS) is 16.9. The van der Waals surface area contributed by atoms with E-state index in [1.54, 1.807) is 31.1 Å². The van der Waals surface area contributed by atoms with E-state index in [-0.39, 0.29) is 17.7 Å². The summed E-state index contributed by atoms with van der Waals surface area (Å²) >= 11 is 0. The van der Waals surface area contributed by atoms with Crippen molar-refractivity contribution in [1.29, 1.82) is 0 Å². The number of primary amides is 1. The summed E-state index contributed by atoms with van der Waals surface area (Å²) in [7, 11) is 1.58. The first-order chi connectivity index (χ1) is 10.5. The largest absolute Gasteiger partial charge is 0.497 e. The van der Waals surface area contributed by atoms with Crippen molar-refractivity contribution >= 4 is 11.8 Å². The fourth-order valence-electron chi connectivity index (χ4n) is 2.57. The molecule has 0 bridgehead atoms. The zero-order valence-corrected chi connectivity index (χ0v) is 13.0. The van der Waals surface area contributed by atoms with Crippen LogP contribution in [0.4, 0.5) is 0 Å². The lowest BCUT2D eigenvalue weighted by molar-refractivity contribution is -0.140. The molecule has 1 atom stereocenters. The Hall–Kier alpha value is -2.24. The molecule has 1 heterocycles. The van der Waals surface area contributed by atoms with Crippen LogP contribution in [0.3, 0.4) is 0 Å². The Morgan fingerprint density at radius 3 is 2.50 bits per heavy atom. The maximum atomic E-state index is 12.4. The molecule has 0 spiro atoms. The van der Waals surface area contributed by atoms with Crippen LogP contribution in [0, 0.1) is 5.92 Å². The lowest BCUT2D eigenvalue weighted by Crippen LogP contribution is -2.46. The zero-order chi connectivity index (χ0) is 16.1. The molecule has 1 aliphatic rings. The minimum absolute atomic E-state index is 0.0780. The third-order valence-electron chi connectivity index (χ3n) is 3.91. The molecule has 2 N–H and O–H groups in total. The molecule has 120 valence electrons. The van der Waals surface area contributed by atoms with Gasteiger partial charge >= 0.3 is 0 Å². The monoisotopic (exact) mass is 306 g/mol. The number of hydrogen-bond acceptors (Lipinski definition) is 4. The number of ether oxygens (including phenoxy) is 2. The minimum Gasteiger partial charge on any atom is -0.497 e. The Bertz CT molecular complexity index is 539. The number of likely N-dealkylation sites (tertiary alicyclic amines) is 1. The molecule has 2 amide bonds. The molecule has 1 aromatic carbocycles. The third-order valence-corrected chi connectivity index (χ3v) is 3.91. The first-order valence-corrected chi connectivity index (χ1v) is 7.40. The van der Waals surface area contributed by atoms with Crippen LogP contribution in [0.5, 0.6) is 11.5 Å². The van der Waals surface area contributed by atoms with Gasteiger partial charge in [-0.1, -0.05) is 6.07 Å². The smallest absolute Gasteiger partial charge is 0.263 e. The molecule has 2 rings (SSSR count). The van der Waals surface area contributed by atoms with Crippen molar-refractivity contribution < 1.29 is 19.1 Å². The Balaban J connectivity index is 1.91. The van der Waals surface area contributed by atoms with Gasteiger partial charge in [0.25, 0.3) is 5.91 Å². The van der Waals surface area contributed by atoms with Crippen molar-refractivity contribution in [3.63, 3.8) is 0 Å². The van der Waals surface area contributed by atoms with Crippen LogP contribution in [0.15, 0.2) is 24.3 Å². The molecule has 1 fully saturated rings. The summed E-state index contributed by atoms with van der Waals surface area (Å²) in [5.41, 5.74) is 5.30. The minimum atomic E-state index is -0.586. The van der Waals surface area contributed by atoms with E-state index in [2.05, 4.69) is 0 Å². The first kappa shape index (κ1) is 16.1. The van der Waals surface area contributed by atoms with Gasteiger partial charge in [-0.25, -0.2) is 0 Å². The average molecular weight is 306 g/mol. The van der Waals surface area contributed by atoms with Gasteiger partial charge in [0.05, 0.1) is 7.11 Å². The van der Waals surface area contributed by atoms with Gasteiger partial charge in [0.15, 0.2) is 6.10 Å². The molecule has 1 saturated heterocycles. The average Bonchev–Trinajstić information content (AvgIpc) is 2.54. The highest BCUT2D eigenvalue weighted by Crippen LogP contribution is 2.22. The SMILES string of the molecule is COc1cccc(O[C@@H](C)C(=O)N2CCC(C(N)=O)CC2)c1. The number of benzene rings is 1. The van der Waals surface area contributed by atoms with Crippen molar-refractivity contribution in [1.82, 2.24) is 4.90 Å². The second-order valence-corrected chi connectivity index (χ2v) is 5.44. The van der Waals surface area contributed by atoms with Crippen LogP contribution < -0.4 is 15.2 Å². The van der Waals surface area contributed by atoms with Crippen molar-refractivity contribution in [3.05, 3.63) is 24.3 Å². The van der Waals surface area contributed by atoms with E-state index in [0.717, 1.165) is 0 Å². The van der Waals surface area contributed by atoms with E-state index in [0.29, 0.717) is 37.4 Å². The summed E-state index contributed by atoms with van der Waals surface area (Å²) in [6.45, 7) is 2.80. The van der Waals surface area contributed by atoms with E-state index in [1.807, 2.05) is 12.1 Å². The van der Waals surface area contributed by atoms with E-state index in [4.69, 9.17) is 15.2 Å². The van der Waals surface area contributed by atoms with Gasteiger partial charge in [0.1, 0.15) is 11.5 Å². The lowest BCUT2D eigenvalue weighted by atomic mass is 9.96. The molecule has 0 radical (unpaired) electrons. The Kier molecular flexibility index (Phi) is 5.25. The number of hydrogen-bond donors (Lipinski definition) is 1. The number of carbonyl (C=O) groups is 2. The highest BCUT2D eigenvalue weighted by Gasteiger charge is 2.29. The van der Waals surface area contributed by atoms with Gasteiger partial charge in [-0.05, 0) is 31.9 Å². The molecular weight excluding hydrogens is 284 g/mol. The standard InChI is InChI=1S/C16H22N2O4/c1-11(22-14-5-3-4-13(10-14)21-2)16(20)18-8-6-12(7-9-18)15(17)19/h3-5,10-12H,6-9H2,1-2H3,(H2,17,19)/t11-/m0/s1.